The molecule has 3 aromatic rings. The average molecular weight is 450 g/mol. The molecule has 172 valence electrons. The van der Waals surface area contributed by atoms with Gasteiger partial charge in [-0.05, 0) is 43.9 Å². The highest BCUT2D eigenvalue weighted by molar-refractivity contribution is 5.67. The average Bonchev–Trinajstić information content (AvgIpc) is 3.59. The van der Waals surface area contributed by atoms with Gasteiger partial charge in [0.1, 0.15) is 17.3 Å². The normalized spacial score (nSPS) is 16.5. The molecule has 33 heavy (non-hydrogen) atoms. The number of nitrogens with zero attached hydrogens (tertiary/aromatic N) is 4. The van der Waals surface area contributed by atoms with E-state index in [2.05, 4.69) is 20.0 Å². The van der Waals surface area contributed by atoms with Crippen LogP contribution in [0.2, 0.25) is 0 Å². The largest absolute Gasteiger partial charge is 0.481 e. The van der Waals surface area contributed by atoms with Gasteiger partial charge in [-0.25, -0.2) is 4.98 Å². The second-order valence-electron chi connectivity index (χ2n) is 8.51. The Kier molecular flexibility index (Phi) is 6.21. The smallest absolute Gasteiger partial charge is 0.303 e. The van der Waals surface area contributed by atoms with E-state index in [4.69, 9.17) is 19.7 Å². The summed E-state index contributed by atoms with van der Waals surface area (Å²) < 4.78 is 13.9. The van der Waals surface area contributed by atoms with Crippen LogP contribution in [-0.2, 0) is 16.0 Å². The number of carbonyl (C=O) groups is 1. The van der Waals surface area contributed by atoms with E-state index in [0.717, 1.165) is 56.0 Å². The van der Waals surface area contributed by atoms with Gasteiger partial charge in [0.2, 0.25) is 0 Å². The van der Waals surface area contributed by atoms with Gasteiger partial charge in [0.05, 0.1) is 18.7 Å². The van der Waals surface area contributed by atoms with E-state index in [1.807, 2.05) is 30.5 Å². The molecule has 3 aromatic heterocycles. The van der Waals surface area contributed by atoms with Crippen molar-refractivity contribution in [3.8, 4) is 11.5 Å². The fraction of sp³-hybridized carbons (Fsp3) is 0.417. The summed E-state index contributed by atoms with van der Waals surface area (Å²) in [5, 5.41) is 17.0. The molecule has 5 rings (SSSR count). The molecule has 1 aliphatic heterocycles. The summed E-state index contributed by atoms with van der Waals surface area (Å²) in [6.07, 6.45) is 10.0. The van der Waals surface area contributed by atoms with Gasteiger partial charge < -0.3 is 19.9 Å². The van der Waals surface area contributed by atoms with Crippen LogP contribution in [0, 0.1) is 0 Å². The van der Waals surface area contributed by atoms with Gasteiger partial charge >= 0.3 is 5.97 Å². The highest BCUT2D eigenvalue weighted by atomic mass is 16.5. The number of rotatable bonds is 9. The lowest BCUT2D eigenvalue weighted by atomic mass is 9.96. The molecule has 0 spiro atoms. The predicted octanol–water partition coefficient (Wildman–Crippen LogP) is 4.46. The maximum atomic E-state index is 10.8. The van der Waals surface area contributed by atoms with Crippen LogP contribution < -0.4 is 10.1 Å². The van der Waals surface area contributed by atoms with Gasteiger partial charge in [-0.1, -0.05) is 0 Å². The van der Waals surface area contributed by atoms with E-state index in [1.165, 1.54) is 0 Å². The van der Waals surface area contributed by atoms with Crippen LogP contribution in [-0.4, -0.2) is 44.0 Å². The number of aromatic nitrogens is 4. The molecule has 0 radical (unpaired) electrons. The molecule has 1 aliphatic carbocycles. The van der Waals surface area contributed by atoms with E-state index >= 15 is 0 Å². The molecule has 2 aliphatic rings. The monoisotopic (exact) mass is 449 g/mol. The number of hydrogen-bond donors (Lipinski definition) is 2. The first-order valence-electron chi connectivity index (χ1n) is 11.4. The lowest BCUT2D eigenvalue weighted by Crippen LogP contribution is -2.15. The Labute approximate surface area is 191 Å². The Morgan fingerprint density at radius 3 is 2.76 bits per heavy atom. The molecule has 1 saturated heterocycles. The quantitative estimate of drug-likeness (QED) is 0.493. The highest BCUT2D eigenvalue weighted by Gasteiger charge is 2.29. The summed E-state index contributed by atoms with van der Waals surface area (Å²) in [5.74, 6) is 1.60. The first-order chi connectivity index (χ1) is 16.1. The van der Waals surface area contributed by atoms with Crippen molar-refractivity contribution in [3.05, 3.63) is 54.2 Å². The third-order valence-corrected chi connectivity index (χ3v) is 5.90. The first-order valence-corrected chi connectivity index (χ1v) is 11.4. The van der Waals surface area contributed by atoms with Crippen molar-refractivity contribution in [3.63, 3.8) is 0 Å². The van der Waals surface area contributed by atoms with Crippen LogP contribution >= 0.6 is 0 Å². The van der Waals surface area contributed by atoms with Crippen LogP contribution in [0.25, 0.3) is 0 Å². The minimum absolute atomic E-state index is 0.0437. The summed E-state index contributed by atoms with van der Waals surface area (Å²) in [6, 6.07) is 7.82. The lowest BCUT2D eigenvalue weighted by Gasteiger charge is -2.21. The Morgan fingerprint density at radius 2 is 1.97 bits per heavy atom. The number of hydrogen-bond acceptors (Lipinski definition) is 7. The van der Waals surface area contributed by atoms with E-state index in [0.29, 0.717) is 35.6 Å². The van der Waals surface area contributed by atoms with E-state index in [-0.39, 0.29) is 6.42 Å². The van der Waals surface area contributed by atoms with Crippen molar-refractivity contribution in [1.82, 2.24) is 19.7 Å². The van der Waals surface area contributed by atoms with Crippen molar-refractivity contribution >= 4 is 17.5 Å². The lowest BCUT2D eigenvalue weighted by molar-refractivity contribution is -0.136. The third-order valence-electron chi connectivity index (χ3n) is 5.90. The molecule has 4 heterocycles. The molecule has 0 bridgehead atoms. The van der Waals surface area contributed by atoms with Crippen LogP contribution in [0.5, 0.6) is 11.5 Å². The molecule has 0 aromatic carbocycles. The highest BCUT2D eigenvalue weighted by Crippen LogP contribution is 2.40. The molecule has 1 saturated carbocycles. The Hall–Kier alpha value is -3.46. The van der Waals surface area contributed by atoms with Crippen LogP contribution in [0.3, 0.4) is 0 Å². The summed E-state index contributed by atoms with van der Waals surface area (Å²) in [6.45, 7) is 1.51. The molecule has 0 unspecified atom stereocenters. The van der Waals surface area contributed by atoms with Gasteiger partial charge in [-0.3, -0.25) is 14.5 Å². The maximum Gasteiger partial charge on any atom is 0.303 e. The van der Waals surface area contributed by atoms with Gasteiger partial charge in [-0.15, -0.1) is 0 Å². The van der Waals surface area contributed by atoms with E-state index in [9.17, 15) is 4.79 Å². The van der Waals surface area contributed by atoms with Crippen molar-refractivity contribution in [2.75, 3.05) is 18.5 Å². The Bertz CT molecular complexity index is 1120. The molecule has 9 heteroatoms. The molecule has 0 atom stereocenters. The van der Waals surface area contributed by atoms with Gasteiger partial charge in [0.15, 0.2) is 5.75 Å². The fourth-order valence-corrected chi connectivity index (χ4v) is 3.99. The van der Waals surface area contributed by atoms with Gasteiger partial charge in [0, 0.05) is 55.4 Å². The molecule has 2 fully saturated rings. The molecular formula is C24H27N5O4. The van der Waals surface area contributed by atoms with Gasteiger partial charge in [0.25, 0.3) is 0 Å². The summed E-state index contributed by atoms with van der Waals surface area (Å²) in [4.78, 5) is 19.5. The number of pyridine rings is 2. The molecule has 2 N–H and O–H groups in total. The van der Waals surface area contributed by atoms with Crippen molar-refractivity contribution < 1.29 is 19.4 Å². The zero-order chi connectivity index (χ0) is 22.6. The zero-order valence-electron chi connectivity index (χ0n) is 18.3. The standard InChI is InChI=1S/C24H27N5O4/c30-23(31)4-1-17-13-18(5-9-25-17)27-22-14-20(6-10-26-22)33-21-15-29(19-2-3-19)28-24(21)16-7-11-32-12-8-16/h5-6,9-10,13-16,19H,1-4,7-8,11-12H2,(H,30,31)(H,25,26,27). The summed E-state index contributed by atoms with van der Waals surface area (Å²) >= 11 is 0. The van der Waals surface area contributed by atoms with Crippen LogP contribution in [0.4, 0.5) is 11.5 Å². The number of carboxylic acid groups (broad SMARTS) is 1. The number of ether oxygens (including phenoxy) is 2. The SMILES string of the molecule is O=C(O)CCc1cc(Nc2cc(Oc3cn(C4CC4)nc3C3CCOCC3)ccn2)ccn1. The number of aryl methyl sites for hydroxylation is 1. The van der Waals surface area contributed by atoms with Gasteiger partial charge in [-0.2, -0.15) is 5.10 Å². The summed E-state index contributed by atoms with van der Waals surface area (Å²) in [7, 11) is 0. The molecule has 9 nitrogen and oxygen atoms in total. The maximum absolute atomic E-state index is 10.8. The minimum Gasteiger partial charge on any atom is -0.481 e. The first kappa shape index (κ1) is 21.4. The molecule has 0 amide bonds. The topological polar surface area (TPSA) is 111 Å². The molecular weight excluding hydrogens is 422 g/mol. The summed E-state index contributed by atoms with van der Waals surface area (Å²) in [5.41, 5.74) is 2.51. The minimum atomic E-state index is -0.841. The van der Waals surface area contributed by atoms with Crippen molar-refractivity contribution in [2.45, 2.75) is 50.5 Å². The zero-order valence-corrected chi connectivity index (χ0v) is 18.3. The van der Waals surface area contributed by atoms with E-state index < -0.39 is 5.97 Å². The number of carboxylic acids is 1. The van der Waals surface area contributed by atoms with Crippen molar-refractivity contribution in [2.24, 2.45) is 0 Å². The second kappa shape index (κ2) is 9.58. The van der Waals surface area contributed by atoms with E-state index in [1.54, 1.807) is 12.4 Å². The Morgan fingerprint density at radius 1 is 1.15 bits per heavy atom. The number of aliphatic carboxylic acids is 1. The fourth-order valence-electron chi connectivity index (χ4n) is 3.99. The Balaban J connectivity index is 1.32. The van der Waals surface area contributed by atoms with Crippen LogP contribution in [0.15, 0.2) is 42.9 Å². The van der Waals surface area contributed by atoms with Crippen LogP contribution in [0.1, 0.15) is 55.5 Å². The third kappa shape index (κ3) is 5.48. The predicted molar refractivity (Wildman–Crippen MR) is 121 cm³/mol. The number of anilines is 2. The number of nitrogens with one attached hydrogen (secondary N) is 1. The van der Waals surface area contributed by atoms with Crippen molar-refractivity contribution in [1.29, 1.82) is 0 Å². The second-order valence-corrected chi connectivity index (χ2v) is 8.51.